The molecule has 0 aliphatic carbocycles. The first kappa shape index (κ1) is 14.9. The lowest BCUT2D eigenvalue weighted by molar-refractivity contribution is -0.120. The van der Waals surface area contributed by atoms with E-state index < -0.39 is 6.04 Å². The molecule has 0 bridgehead atoms. The lowest BCUT2D eigenvalue weighted by Gasteiger charge is -2.13. The minimum absolute atomic E-state index is 0.197. The van der Waals surface area contributed by atoms with Crippen LogP contribution in [0.1, 0.15) is 20.3 Å². The van der Waals surface area contributed by atoms with Gasteiger partial charge < -0.3 is 5.73 Å². The van der Waals surface area contributed by atoms with Crippen LogP contribution in [0.25, 0.3) is 0 Å². The number of hydrogen-bond acceptors (Lipinski definition) is 4. The average Bonchev–Trinajstić information content (AvgIpc) is 2.22. The SMILES string of the molecule is C=C/C=C(\N=C)SNC(=O)C(N)CC(C)C. The zero-order valence-electron chi connectivity index (χ0n) is 9.77. The van der Waals surface area contributed by atoms with Crippen molar-refractivity contribution in [3.63, 3.8) is 0 Å². The Labute approximate surface area is 101 Å². The van der Waals surface area contributed by atoms with Crippen LogP contribution in [0.5, 0.6) is 0 Å². The summed E-state index contributed by atoms with van der Waals surface area (Å²) >= 11 is 1.09. The fraction of sp³-hybridized carbons (Fsp3) is 0.455. The molecule has 3 N–H and O–H groups in total. The zero-order valence-corrected chi connectivity index (χ0v) is 10.6. The monoisotopic (exact) mass is 241 g/mol. The van der Waals surface area contributed by atoms with E-state index in [1.54, 1.807) is 12.2 Å². The Morgan fingerprint density at radius 1 is 1.62 bits per heavy atom. The minimum Gasteiger partial charge on any atom is -0.320 e. The molecule has 0 heterocycles. The van der Waals surface area contributed by atoms with Gasteiger partial charge in [0.15, 0.2) is 0 Å². The van der Waals surface area contributed by atoms with Crippen LogP contribution >= 0.6 is 11.9 Å². The highest BCUT2D eigenvalue weighted by Crippen LogP contribution is 2.13. The van der Waals surface area contributed by atoms with Gasteiger partial charge in [-0.15, -0.1) is 0 Å². The van der Waals surface area contributed by atoms with E-state index in [4.69, 9.17) is 5.73 Å². The Morgan fingerprint density at radius 2 is 2.25 bits per heavy atom. The molecule has 16 heavy (non-hydrogen) atoms. The first-order valence-electron chi connectivity index (χ1n) is 5.03. The van der Waals surface area contributed by atoms with Crippen molar-refractivity contribution in [1.82, 2.24) is 4.72 Å². The molecule has 0 saturated heterocycles. The highest BCUT2D eigenvalue weighted by molar-refractivity contribution is 8.01. The van der Waals surface area contributed by atoms with E-state index in [0.29, 0.717) is 17.4 Å². The Bertz CT molecular complexity index is 287. The number of rotatable bonds is 7. The van der Waals surface area contributed by atoms with Crippen molar-refractivity contribution in [3.8, 4) is 0 Å². The zero-order chi connectivity index (χ0) is 12.6. The molecule has 0 rings (SSSR count). The van der Waals surface area contributed by atoms with Gasteiger partial charge in [0.05, 0.1) is 6.04 Å². The third-order valence-electron chi connectivity index (χ3n) is 1.73. The van der Waals surface area contributed by atoms with Gasteiger partial charge in [0.1, 0.15) is 5.03 Å². The number of carbonyl (C=O) groups excluding carboxylic acids is 1. The molecule has 0 aliphatic heterocycles. The predicted octanol–water partition coefficient (Wildman–Crippen LogP) is 1.85. The summed E-state index contributed by atoms with van der Waals surface area (Å²) in [5.41, 5.74) is 5.71. The third kappa shape index (κ3) is 6.42. The van der Waals surface area contributed by atoms with Gasteiger partial charge in [-0.25, -0.2) is 0 Å². The van der Waals surface area contributed by atoms with Crippen molar-refractivity contribution in [1.29, 1.82) is 0 Å². The number of nitrogens with zero attached hydrogens (tertiary/aromatic N) is 1. The lowest BCUT2D eigenvalue weighted by Crippen LogP contribution is -2.38. The van der Waals surface area contributed by atoms with E-state index in [1.165, 1.54) is 0 Å². The standard InChI is InChI=1S/C11H19N3OS/c1-5-6-10(13-4)16-14-11(15)9(12)7-8(2)3/h5-6,8-9H,1,4,7,12H2,2-3H3,(H,14,15)/b10-6+. The second-order valence-electron chi connectivity index (χ2n) is 3.70. The highest BCUT2D eigenvalue weighted by atomic mass is 32.2. The van der Waals surface area contributed by atoms with Gasteiger partial charge in [0, 0.05) is 11.9 Å². The van der Waals surface area contributed by atoms with Crippen LogP contribution in [0.3, 0.4) is 0 Å². The quantitative estimate of drug-likeness (QED) is 0.406. The molecule has 0 aromatic carbocycles. The summed E-state index contributed by atoms with van der Waals surface area (Å²) in [4.78, 5) is 15.2. The topological polar surface area (TPSA) is 67.5 Å². The summed E-state index contributed by atoms with van der Waals surface area (Å²) in [5.74, 6) is 0.198. The Hall–Kier alpha value is -1.07. The molecule has 0 aromatic rings. The number of nitrogens with two attached hydrogens (primary N) is 1. The normalized spacial score (nSPS) is 13.4. The number of carbonyl (C=O) groups is 1. The first-order valence-corrected chi connectivity index (χ1v) is 5.84. The van der Waals surface area contributed by atoms with Crippen LogP contribution < -0.4 is 10.5 Å². The van der Waals surface area contributed by atoms with E-state index in [-0.39, 0.29) is 5.91 Å². The summed E-state index contributed by atoms with van der Waals surface area (Å²) in [6, 6.07) is -0.484. The average molecular weight is 241 g/mol. The van der Waals surface area contributed by atoms with Crippen molar-refractivity contribution in [3.05, 3.63) is 23.8 Å². The molecule has 1 atom stereocenters. The molecular weight excluding hydrogens is 222 g/mol. The van der Waals surface area contributed by atoms with E-state index >= 15 is 0 Å². The van der Waals surface area contributed by atoms with Gasteiger partial charge in [-0.05, 0) is 25.1 Å². The Morgan fingerprint density at radius 3 is 2.69 bits per heavy atom. The fourth-order valence-electron chi connectivity index (χ4n) is 1.01. The molecule has 0 spiro atoms. The molecule has 0 aromatic heterocycles. The predicted molar refractivity (Wildman–Crippen MR) is 71.0 cm³/mol. The number of allylic oxidation sites excluding steroid dienone is 2. The molecule has 0 saturated carbocycles. The molecular formula is C11H19N3OS. The van der Waals surface area contributed by atoms with Crippen molar-refractivity contribution in [2.45, 2.75) is 26.3 Å². The van der Waals surface area contributed by atoms with Gasteiger partial charge in [-0.3, -0.25) is 14.5 Å². The minimum atomic E-state index is -0.484. The van der Waals surface area contributed by atoms with E-state index in [9.17, 15) is 4.79 Å². The summed E-state index contributed by atoms with van der Waals surface area (Å²) in [5, 5.41) is 0.583. The number of hydrogen-bond donors (Lipinski definition) is 2. The summed E-state index contributed by atoms with van der Waals surface area (Å²) in [7, 11) is 0. The van der Waals surface area contributed by atoms with E-state index in [0.717, 1.165) is 11.9 Å². The number of nitrogens with one attached hydrogen (secondary N) is 1. The maximum atomic E-state index is 11.5. The second kappa shape index (κ2) is 8.13. The summed E-state index contributed by atoms with van der Waals surface area (Å²) in [6.45, 7) is 11.0. The number of aliphatic imine (C=N–C) groups is 1. The fourth-order valence-corrected chi connectivity index (χ4v) is 1.60. The van der Waals surface area contributed by atoms with Crippen LogP contribution in [0.15, 0.2) is 28.8 Å². The van der Waals surface area contributed by atoms with Gasteiger partial charge >= 0.3 is 0 Å². The Balaban J connectivity index is 4.10. The first-order chi connectivity index (χ1) is 7.51. The van der Waals surface area contributed by atoms with Crippen LogP contribution in [0.2, 0.25) is 0 Å². The largest absolute Gasteiger partial charge is 0.320 e. The molecule has 90 valence electrons. The molecule has 0 radical (unpaired) electrons. The van der Waals surface area contributed by atoms with Gasteiger partial charge in [-0.2, -0.15) is 0 Å². The van der Waals surface area contributed by atoms with Crippen LogP contribution in [-0.2, 0) is 4.79 Å². The van der Waals surface area contributed by atoms with Gasteiger partial charge in [0.2, 0.25) is 5.91 Å². The van der Waals surface area contributed by atoms with Crippen molar-refractivity contribution < 1.29 is 4.79 Å². The van der Waals surface area contributed by atoms with E-state index in [2.05, 4.69) is 23.0 Å². The van der Waals surface area contributed by atoms with Crippen LogP contribution in [0.4, 0.5) is 0 Å². The van der Waals surface area contributed by atoms with E-state index in [1.807, 2.05) is 13.8 Å². The summed E-state index contributed by atoms with van der Waals surface area (Å²) < 4.78 is 2.63. The van der Waals surface area contributed by atoms with Crippen molar-refractivity contribution >= 4 is 24.6 Å². The molecule has 4 nitrogen and oxygen atoms in total. The van der Waals surface area contributed by atoms with Crippen molar-refractivity contribution in [2.75, 3.05) is 0 Å². The maximum Gasteiger partial charge on any atom is 0.247 e. The van der Waals surface area contributed by atoms with Crippen LogP contribution in [-0.4, -0.2) is 18.7 Å². The molecule has 5 heteroatoms. The maximum absolute atomic E-state index is 11.5. The smallest absolute Gasteiger partial charge is 0.247 e. The molecule has 0 aliphatic rings. The third-order valence-corrected chi connectivity index (χ3v) is 2.51. The van der Waals surface area contributed by atoms with Crippen LogP contribution in [0, 0.1) is 5.92 Å². The molecule has 1 amide bonds. The molecule has 0 fully saturated rings. The lowest BCUT2D eigenvalue weighted by atomic mass is 10.0. The Kier molecular flexibility index (Phi) is 7.58. The molecule has 1 unspecified atom stereocenters. The summed E-state index contributed by atoms with van der Waals surface area (Å²) in [6.07, 6.45) is 3.90. The number of amides is 1. The van der Waals surface area contributed by atoms with Gasteiger partial charge in [0.25, 0.3) is 0 Å². The highest BCUT2D eigenvalue weighted by Gasteiger charge is 2.14. The second-order valence-corrected chi connectivity index (χ2v) is 4.53. The van der Waals surface area contributed by atoms with Crippen molar-refractivity contribution in [2.24, 2.45) is 16.6 Å². The van der Waals surface area contributed by atoms with Gasteiger partial charge in [-0.1, -0.05) is 26.5 Å².